The molecule has 1 amide bonds. The van der Waals surface area contributed by atoms with Gasteiger partial charge in [-0.1, -0.05) is 11.6 Å². The van der Waals surface area contributed by atoms with Gasteiger partial charge in [-0.25, -0.2) is 0 Å². The van der Waals surface area contributed by atoms with Crippen molar-refractivity contribution in [1.29, 1.82) is 0 Å². The Bertz CT molecular complexity index is 716. The predicted octanol–water partition coefficient (Wildman–Crippen LogP) is 4.34. The third-order valence-corrected chi connectivity index (χ3v) is 7.63. The quantitative estimate of drug-likeness (QED) is 0.876. The summed E-state index contributed by atoms with van der Waals surface area (Å²) < 4.78 is 0.778. The van der Waals surface area contributed by atoms with Gasteiger partial charge in [0, 0.05) is 21.8 Å². The Morgan fingerprint density at radius 1 is 1.17 bits per heavy atom. The van der Waals surface area contributed by atoms with Crippen molar-refractivity contribution in [1.82, 2.24) is 10.2 Å². The third kappa shape index (κ3) is 2.95. The first-order valence-electron chi connectivity index (χ1n) is 8.02. The molecule has 0 aromatic carbocycles. The van der Waals surface area contributed by atoms with E-state index < -0.39 is 0 Å². The number of carbonyl (C=O) groups excluding carboxylic acids is 1. The molecule has 6 heteroatoms. The molecule has 3 aliphatic rings. The maximum absolute atomic E-state index is 12.6. The fraction of sp³-hybridized carbons (Fsp3) is 0.471. The lowest BCUT2D eigenvalue weighted by atomic mass is 9.79. The molecule has 2 unspecified atom stereocenters. The van der Waals surface area contributed by atoms with Crippen molar-refractivity contribution in [2.75, 3.05) is 13.1 Å². The zero-order valence-corrected chi connectivity index (χ0v) is 15.3. The highest BCUT2D eigenvalue weighted by Gasteiger charge is 2.40. The van der Waals surface area contributed by atoms with E-state index in [0.29, 0.717) is 12.0 Å². The van der Waals surface area contributed by atoms with Crippen molar-refractivity contribution in [2.24, 2.45) is 5.92 Å². The third-order valence-electron chi connectivity index (χ3n) is 5.12. The average molecular weight is 367 g/mol. The van der Waals surface area contributed by atoms with Gasteiger partial charge in [-0.15, -0.1) is 22.7 Å². The minimum atomic E-state index is 0.0644. The normalized spacial score (nSPS) is 29.7. The van der Waals surface area contributed by atoms with Crippen LogP contribution in [0.4, 0.5) is 0 Å². The number of carbonyl (C=O) groups is 1. The lowest BCUT2D eigenvalue weighted by Crippen LogP contribution is -2.62. The van der Waals surface area contributed by atoms with Gasteiger partial charge < -0.3 is 5.32 Å². The summed E-state index contributed by atoms with van der Waals surface area (Å²) in [6, 6.07) is 8.58. The standard InChI is InChI=1S/C17H19ClN2OS2/c1-10-16(11-6-8-20(10)9-7-11)19-17(21)14-3-2-12(22-14)13-4-5-15(18)23-13/h2-5,10-11,16H,6-9H2,1H3,(H,19,21). The summed E-state index contributed by atoms with van der Waals surface area (Å²) in [6.07, 6.45) is 2.41. The van der Waals surface area contributed by atoms with Gasteiger partial charge in [0.05, 0.1) is 9.21 Å². The summed E-state index contributed by atoms with van der Waals surface area (Å²) in [4.78, 5) is 18.2. The van der Waals surface area contributed by atoms with Crippen LogP contribution in [0.15, 0.2) is 24.3 Å². The van der Waals surface area contributed by atoms with E-state index in [2.05, 4.69) is 17.1 Å². The first-order valence-corrected chi connectivity index (χ1v) is 10.0. The van der Waals surface area contributed by atoms with E-state index in [9.17, 15) is 4.79 Å². The highest BCUT2D eigenvalue weighted by molar-refractivity contribution is 7.24. The highest BCUT2D eigenvalue weighted by Crippen LogP contribution is 2.36. The fourth-order valence-electron chi connectivity index (χ4n) is 3.81. The summed E-state index contributed by atoms with van der Waals surface area (Å²) in [5, 5.41) is 3.29. The number of thiophene rings is 2. The second-order valence-corrected chi connectivity index (χ2v) is 9.18. The average Bonchev–Trinajstić information content (AvgIpc) is 3.20. The molecule has 1 N–H and O–H groups in total. The summed E-state index contributed by atoms with van der Waals surface area (Å²) in [6.45, 7) is 4.60. The van der Waals surface area contributed by atoms with E-state index in [1.165, 1.54) is 25.9 Å². The molecule has 2 bridgehead atoms. The Hall–Kier alpha value is -0.880. The number of rotatable bonds is 3. The molecule has 2 atom stereocenters. The summed E-state index contributed by atoms with van der Waals surface area (Å²) >= 11 is 9.09. The van der Waals surface area contributed by atoms with Crippen LogP contribution in [-0.4, -0.2) is 36.0 Å². The van der Waals surface area contributed by atoms with Gasteiger partial charge in [0.2, 0.25) is 0 Å². The van der Waals surface area contributed by atoms with Crippen molar-refractivity contribution >= 4 is 40.2 Å². The van der Waals surface area contributed by atoms with Crippen molar-refractivity contribution in [2.45, 2.75) is 31.8 Å². The number of fused-ring (bicyclic) bond motifs is 3. The van der Waals surface area contributed by atoms with Gasteiger partial charge in [-0.2, -0.15) is 0 Å². The van der Waals surface area contributed by atoms with Gasteiger partial charge in [-0.05, 0) is 63.0 Å². The van der Waals surface area contributed by atoms with Crippen molar-refractivity contribution < 1.29 is 4.79 Å². The van der Waals surface area contributed by atoms with Crippen molar-refractivity contribution in [3.05, 3.63) is 33.5 Å². The molecule has 2 aromatic heterocycles. The molecule has 0 aliphatic carbocycles. The molecule has 3 nitrogen and oxygen atoms in total. The van der Waals surface area contributed by atoms with E-state index in [0.717, 1.165) is 19.0 Å². The molecule has 2 aromatic rings. The maximum atomic E-state index is 12.6. The zero-order chi connectivity index (χ0) is 16.0. The van der Waals surface area contributed by atoms with Gasteiger partial charge in [0.25, 0.3) is 5.91 Å². The molecule has 3 aliphatic heterocycles. The number of piperidine rings is 3. The van der Waals surface area contributed by atoms with E-state index in [1.54, 1.807) is 22.7 Å². The molecule has 0 saturated carbocycles. The Morgan fingerprint density at radius 3 is 2.52 bits per heavy atom. The van der Waals surface area contributed by atoms with Gasteiger partial charge in [0.1, 0.15) is 0 Å². The summed E-state index contributed by atoms with van der Waals surface area (Å²) in [5.74, 6) is 0.698. The monoisotopic (exact) mass is 366 g/mol. The van der Waals surface area contributed by atoms with Crippen LogP contribution in [0.5, 0.6) is 0 Å². The second kappa shape index (κ2) is 6.20. The van der Waals surface area contributed by atoms with Gasteiger partial charge >= 0.3 is 0 Å². The van der Waals surface area contributed by atoms with Crippen molar-refractivity contribution in [3.8, 4) is 9.75 Å². The predicted molar refractivity (Wildman–Crippen MR) is 97.7 cm³/mol. The molecule has 5 rings (SSSR count). The molecule has 0 radical (unpaired) electrons. The van der Waals surface area contributed by atoms with Crippen LogP contribution < -0.4 is 5.32 Å². The zero-order valence-electron chi connectivity index (χ0n) is 12.9. The van der Waals surface area contributed by atoms with Gasteiger partial charge in [-0.3, -0.25) is 9.69 Å². The number of halogens is 1. The molecule has 23 heavy (non-hydrogen) atoms. The number of amides is 1. The molecular formula is C17H19ClN2OS2. The van der Waals surface area contributed by atoms with E-state index >= 15 is 0 Å². The van der Waals surface area contributed by atoms with E-state index in [-0.39, 0.29) is 11.9 Å². The minimum Gasteiger partial charge on any atom is -0.347 e. The van der Waals surface area contributed by atoms with Crippen LogP contribution in [0.2, 0.25) is 4.34 Å². The SMILES string of the molecule is CC1C(NC(=O)c2ccc(-c3ccc(Cl)s3)s2)C2CCN1CC2. The molecule has 122 valence electrons. The number of nitrogens with zero attached hydrogens (tertiary/aromatic N) is 1. The van der Waals surface area contributed by atoms with E-state index in [1.807, 2.05) is 24.3 Å². The van der Waals surface area contributed by atoms with Crippen LogP contribution in [0.25, 0.3) is 9.75 Å². The Morgan fingerprint density at radius 2 is 1.87 bits per heavy atom. The molecule has 0 spiro atoms. The second-order valence-electron chi connectivity index (χ2n) is 6.38. The number of hydrogen-bond acceptors (Lipinski definition) is 4. The minimum absolute atomic E-state index is 0.0644. The van der Waals surface area contributed by atoms with E-state index in [4.69, 9.17) is 11.6 Å². The molecule has 3 saturated heterocycles. The Balaban J connectivity index is 1.48. The molecule has 3 fully saturated rings. The van der Waals surface area contributed by atoms with Crippen LogP contribution in [-0.2, 0) is 0 Å². The lowest BCUT2D eigenvalue weighted by Gasteiger charge is -2.49. The van der Waals surface area contributed by atoms with Crippen LogP contribution >= 0.6 is 34.3 Å². The number of hydrogen-bond donors (Lipinski definition) is 1. The number of nitrogens with one attached hydrogen (secondary N) is 1. The topological polar surface area (TPSA) is 32.3 Å². The first-order chi connectivity index (χ1) is 11.1. The van der Waals surface area contributed by atoms with Crippen LogP contribution in [0, 0.1) is 5.92 Å². The largest absolute Gasteiger partial charge is 0.347 e. The summed E-state index contributed by atoms with van der Waals surface area (Å²) in [7, 11) is 0. The fourth-order valence-corrected chi connectivity index (χ4v) is 5.85. The smallest absolute Gasteiger partial charge is 0.261 e. The van der Waals surface area contributed by atoms with Crippen molar-refractivity contribution in [3.63, 3.8) is 0 Å². The molecular weight excluding hydrogens is 348 g/mol. The maximum Gasteiger partial charge on any atom is 0.261 e. The van der Waals surface area contributed by atoms with Gasteiger partial charge in [0.15, 0.2) is 0 Å². The Labute approximate surface area is 149 Å². The highest BCUT2D eigenvalue weighted by atomic mass is 35.5. The first kappa shape index (κ1) is 15.6. The Kier molecular flexibility index (Phi) is 4.22. The van der Waals surface area contributed by atoms with Crippen LogP contribution in [0.3, 0.4) is 0 Å². The van der Waals surface area contributed by atoms with Crippen LogP contribution in [0.1, 0.15) is 29.4 Å². The molecule has 5 heterocycles. The summed E-state index contributed by atoms with van der Waals surface area (Å²) in [5.41, 5.74) is 0. The lowest BCUT2D eigenvalue weighted by molar-refractivity contribution is 0.0218.